The molecule has 0 bridgehead atoms. The topological polar surface area (TPSA) is 88.1 Å². The zero-order valence-corrected chi connectivity index (χ0v) is 10.5. The van der Waals surface area contributed by atoms with Gasteiger partial charge in [-0.05, 0) is 25.6 Å². The van der Waals surface area contributed by atoms with Crippen LogP contribution in [0, 0.1) is 0 Å². The molecule has 0 aliphatic heterocycles. The number of pyridine rings is 1. The highest BCUT2D eigenvalue weighted by atomic mass is 16.3. The lowest BCUT2D eigenvalue weighted by Crippen LogP contribution is -2.33. The van der Waals surface area contributed by atoms with Gasteiger partial charge in [-0.25, -0.2) is 0 Å². The van der Waals surface area contributed by atoms with Crippen molar-refractivity contribution in [3.63, 3.8) is 0 Å². The van der Waals surface area contributed by atoms with E-state index in [0.717, 1.165) is 0 Å². The number of nitrogens with one attached hydrogen (secondary N) is 1. The Balaban J connectivity index is 3.13. The minimum absolute atomic E-state index is 0.127. The highest BCUT2D eigenvalue weighted by molar-refractivity contribution is 5.94. The lowest BCUT2D eigenvalue weighted by Gasteiger charge is -2.25. The molecule has 18 heavy (non-hydrogen) atoms. The fourth-order valence-electron chi connectivity index (χ4n) is 1.76. The van der Waals surface area contributed by atoms with Gasteiger partial charge in [-0.2, -0.15) is 0 Å². The zero-order chi connectivity index (χ0) is 13.5. The van der Waals surface area contributed by atoms with E-state index in [2.05, 4.69) is 10.3 Å². The SMILES string of the molecule is CC(=O)C(=C(C)[O-])C(NCC[O-])c1ccccn1. The number of nitrogens with zero attached hydrogens (tertiary/aromatic N) is 1. The van der Waals surface area contributed by atoms with Crippen molar-refractivity contribution >= 4 is 5.78 Å². The molecular weight excluding hydrogens is 232 g/mol. The maximum Gasteiger partial charge on any atom is 0.156 e. The minimum Gasteiger partial charge on any atom is -0.875 e. The van der Waals surface area contributed by atoms with Crippen molar-refractivity contribution in [3.05, 3.63) is 41.4 Å². The number of hydrogen-bond acceptors (Lipinski definition) is 5. The van der Waals surface area contributed by atoms with Crippen LogP contribution in [-0.2, 0) is 4.79 Å². The quantitative estimate of drug-likeness (QED) is 0.531. The standard InChI is InChI=1S/C13H17N2O3/c1-9(17)12(10(2)18)13(15-7-8-16)11-5-3-4-6-14-11/h3-6,13,15,17H,7-8H2,1-2H3/q-1/p-1. The van der Waals surface area contributed by atoms with Crippen molar-refractivity contribution in [1.82, 2.24) is 10.3 Å². The molecule has 1 N–H and O–H groups in total. The summed E-state index contributed by atoms with van der Waals surface area (Å²) >= 11 is 0. The Morgan fingerprint density at radius 1 is 1.44 bits per heavy atom. The molecule has 98 valence electrons. The number of hydrogen-bond donors (Lipinski definition) is 1. The van der Waals surface area contributed by atoms with Crippen LogP contribution >= 0.6 is 0 Å². The lowest BCUT2D eigenvalue weighted by atomic mass is 9.98. The molecule has 0 amide bonds. The molecule has 1 heterocycles. The zero-order valence-electron chi connectivity index (χ0n) is 10.5. The third-order valence-electron chi connectivity index (χ3n) is 2.48. The molecule has 1 aromatic heterocycles. The van der Waals surface area contributed by atoms with Crippen LogP contribution in [-0.4, -0.2) is 23.9 Å². The van der Waals surface area contributed by atoms with Gasteiger partial charge in [0.05, 0.1) is 11.7 Å². The van der Waals surface area contributed by atoms with E-state index in [1.165, 1.54) is 13.8 Å². The van der Waals surface area contributed by atoms with E-state index in [9.17, 15) is 15.0 Å². The van der Waals surface area contributed by atoms with Crippen LogP contribution in [0.5, 0.6) is 0 Å². The molecule has 0 aliphatic rings. The normalized spacial score (nSPS) is 13.9. The molecule has 0 spiro atoms. The molecule has 0 radical (unpaired) electrons. The molecule has 1 unspecified atom stereocenters. The number of Topliss-reactive ketones (excluding diaryl/α,β-unsaturated/α-hetero) is 1. The molecular formula is C13H16N2O3-2. The van der Waals surface area contributed by atoms with Gasteiger partial charge in [0.1, 0.15) is 0 Å². The van der Waals surface area contributed by atoms with Crippen molar-refractivity contribution in [1.29, 1.82) is 0 Å². The first kappa shape index (κ1) is 14.3. The van der Waals surface area contributed by atoms with Crippen LogP contribution in [0.2, 0.25) is 0 Å². The predicted octanol–water partition coefficient (Wildman–Crippen LogP) is -0.704. The smallest absolute Gasteiger partial charge is 0.156 e. The third-order valence-corrected chi connectivity index (χ3v) is 2.48. The van der Waals surface area contributed by atoms with Crippen molar-refractivity contribution in [2.75, 3.05) is 13.2 Å². The molecule has 0 aliphatic carbocycles. The predicted molar refractivity (Wildman–Crippen MR) is 63.2 cm³/mol. The lowest BCUT2D eigenvalue weighted by molar-refractivity contribution is -0.365. The number of ketones is 1. The second-order valence-electron chi connectivity index (χ2n) is 3.87. The summed E-state index contributed by atoms with van der Waals surface area (Å²) in [6.45, 7) is 2.52. The van der Waals surface area contributed by atoms with E-state index in [1.54, 1.807) is 24.4 Å². The summed E-state index contributed by atoms with van der Waals surface area (Å²) in [5.74, 6) is -0.617. The second kappa shape index (κ2) is 6.88. The highest BCUT2D eigenvalue weighted by Gasteiger charge is 2.20. The fraction of sp³-hybridized carbons (Fsp3) is 0.385. The number of aromatic nitrogens is 1. The summed E-state index contributed by atoms with van der Waals surface area (Å²) in [5.41, 5.74) is 0.688. The Morgan fingerprint density at radius 3 is 2.61 bits per heavy atom. The van der Waals surface area contributed by atoms with E-state index in [1.807, 2.05) is 0 Å². The molecule has 5 heteroatoms. The summed E-state index contributed by atoms with van der Waals surface area (Å²) in [7, 11) is 0. The second-order valence-corrected chi connectivity index (χ2v) is 3.87. The van der Waals surface area contributed by atoms with Crippen LogP contribution in [0.15, 0.2) is 35.7 Å². The van der Waals surface area contributed by atoms with Crippen LogP contribution in [0.4, 0.5) is 0 Å². The number of carbonyl (C=O) groups excluding carboxylic acids is 1. The maximum atomic E-state index is 11.6. The molecule has 0 saturated heterocycles. The summed E-state index contributed by atoms with van der Waals surface area (Å²) < 4.78 is 0. The molecule has 0 aromatic carbocycles. The van der Waals surface area contributed by atoms with Gasteiger partial charge >= 0.3 is 0 Å². The van der Waals surface area contributed by atoms with E-state index >= 15 is 0 Å². The largest absolute Gasteiger partial charge is 0.875 e. The Morgan fingerprint density at radius 2 is 2.17 bits per heavy atom. The Hall–Kier alpha value is -1.72. The van der Waals surface area contributed by atoms with Gasteiger partial charge in [0.15, 0.2) is 5.78 Å². The number of allylic oxidation sites excluding steroid dienone is 1. The maximum absolute atomic E-state index is 11.6. The summed E-state index contributed by atoms with van der Waals surface area (Å²) in [6.07, 6.45) is 1.58. The first-order chi connectivity index (χ1) is 8.57. The van der Waals surface area contributed by atoms with Gasteiger partial charge in [-0.15, -0.1) is 12.4 Å². The van der Waals surface area contributed by atoms with Gasteiger partial charge in [0, 0.05) is 11.8 Å². The molecule has 1 atom stereocenters. The fourth-order valence-corrected chi connectivity index (χ4v) is 1.76. The van der Waals surface area contributed by atoms with E-state index in [0.29, 0.717) is 5.69 Å². The summed E-state index contributed by atoms with van der Waals surface area (Å²) in [5, 5.41) is 25.0. The van der Waals surface area contributed by atoms with Gasteiger partial charge < -0.3 is 15.5 Å². The van der Waals surface area contributed by atoms with Crippen molar-refractivity contribution in [2.45, 2.75) is 19.9 Å². The first-order valence-corrected chi connectivity index (χ1v) is 5.69. The average Bonchev–Trinajstić information content (AvgIpc) is 2.34. The monoisotopic (exact) mass is 248 g/mol. The highest BCUT2D eigenvalue weighted by Crippen LogP contribution is 2.21. The van der Waals surface area contributed by atoms with Gasteiger partial charge in [0.25, 0.3) is 0 Å². The first-order valence-electron chi connectivity index (χ1n) is 5.69. The Bertz CT molecular complexity index is 425. The van der Waals surface area contributed by atoms with Gasteiger partial charge in [0.2, 0.25) is 0 Å². The molecule has 1 rings (SSSR count). The molecule has 0 saturated carbocycles. The number of rotatable bonds is 6. The minimum atomic E-state index is -0.616. The van der Waals surface area contributed by atoms with Crippen LogP contribution in [0.25, 0.3) is 0 Å². The van der Waals surface area contributed by atoms with Crippen LogP contribution in [0.1, 0.15) is 25.6 Å². The van der Waals surface area contributed by atoms with Crippen molar-refractivity contribution < 1.29 is 15.0 Å². The van der Waals surface area contributed by atoms with Crippen LogP contribution in [0.3, 0.4) is 0 Å². The summed E-state index contributed by atoms with van der Waals surface area (Å²) in [4.78, 5) is 15.7. The molecule has 1 aromatic rings. The van der Waals surface area contributed by atoms with E-state index < -0.39 is 6.04 Å². The van der Waals surface area contributed by atoms with E-state index in [4.69, 9.17) is 0 Å². The Labute approximate surface area is 106 Å². The van der Waals surface area contributed by atoms with Crippen LogP contribution < -0.4 is 15.5 Å². The average molecular weight is 248 g/mol. The van der Waals surface area contributed by atoms with E-state index in [-0.39, 0.29) is 30.3 Å². The van der Waals surface area contributed by atoms with Crippen molar-refractivity contribution in [2.24, 2.45) is 0 Å². The number of carbonyl (C=O) groups is 1. The Kier molecular flexibility index (Phi) is 5.48. The molecule has 5 nitrogen and oxygen atoms in total. The van der Waals surface area contributed by atoms with Crippen molar-refractivity contribution in [3.8, 4) is 0 Å². The van der Waals surface area contributed by atoms with Gasteiger partial charge in [-0.3, -0.25) is 9.78 Å². The summed E-state index contributed by atoms with van der Waals surface area (Å²) in [6, 6.07) is 4.62. The molecule has 0 fully saturated rings. The van der Waals surface area contributed by atoms with Gasteiger partial charge in [-0.1, -0.05) is 13.0 Å². The third kappa shape index (κ3) is 3.65.